The van der Waals surface area contributed by atoms with Crippen LogP contribution in [0.4, 0.5) is 0 Å². The third-order valence-electron chi connectivity index (χ3n) is 6.85. The van der Waals surface area contributed by atoms with Crippen LogP contribution in [0.1, 0.15) is 84.5 Å². The summed E-state index contributed by atoms with van der Waals surface area (Å²) >= 11 is 0. The summed E-state index contributed by atoms with van der Waals surface area (Å²) in [6, 6.07) is 0. The number of rotatable bonds is 8. The molecule has 2 N–H and O–H groups in total. The quantitative estimate of drug-likeness (QED) is 0.535. The molecule has 23 heavy (non-hydrogen) atoms. The van der Waals surface area contributed by atoms with E-state index in [0.717, 1.165) is 38.5 Å². The van der Waals surface area contributed by atoms with Gasteiger partial charge in [-0.3, -0.25) is 0 Å². The van der Waals surface area contributed by atoms with Gasteiger partial charge in [-0.1, -0.05) is 26.7 Å². The van der Waals surface area contributed by atoms with Gasteiger partial charge in [0.1, 0.15) is 5.60 Å². The summed E-state index contributed by atoms with van der Waals surface area (Å²) in [6.07, 6.45) is 11.9. The maximum atomic E-state index is 11.2. The van der Waals surface area contributed by atoms with Crippen molar-refractivity contribution in [2.75, 3.05) is 6.54 Å². The molecule has 2 unspecified atom stereocenters. The van der Waals surface area contributed by atoms with Crippen LogP contribution in [0, 0.1) is 26.4 Å². The minimum absolute atomic E-state index is 0.170. The standard InChI is InChI=1S/C18H32N2O3/c1-3-5-15-9-16(6-4-2)11-17(10-15,7-8-19)14-18(12-15,13-16)23-20(21)22/h3-14,19H2,1-2H3. The molecule has 4 aliphatic rings. The van der Waals surface area contributed by atoms with E-state index < -0.39 is 10.7 Å². The van der Waals surface area contributed by atoms with Crippen LogP contribution in [-0.2, 0) is 4.84 Å². The van der Waals surface area contributed by atoms with Crippen molar-refractivity contribution in [1.82, 2.24) is 0 Å². The van der Waals surface area contributed by atoms with Crippen molar-refractivity contribution in [3.63, 3.8) is 0 Å². The first-order valence-corrected chi connectivity index (χ1v) is 9.38. The first-order valence-electron chi connectivity index (χ1n) is 9.38. The summed E-state index contributed by atoms with van der Waals surface area (Å²) in [7, 11) is 0. The van der Waals surface area contributed by atoms with Gasteiger partial charge in [0.15, 0.2) is 0 Å². The molecule has 0 radical (unpaired) electrons. The highest BCUT2D eigenvalue weighted by Crippen LogP contribution is 2.74. The lowest BCUT2D eigenvalue weighted by Crippen LogP contribution is -2.65. The van der Waals surface area contributed by atoms with Crippen LogP contribution in [0.3, 0.4) is 0 Å². The number of hydrogen-bond acceptors (Lipinski definition) is 4. The molecule has 0 aromatic heterocycles. The summed E-state index contributed by atoms with van der Waals surface area (Å²) in [4.78, 5) is 16.7. The Morgan fingerprint density at radius 2 is 1.35 bits per heavy atom. The topological polar surface area (TPSA) is 78.4 Å². The first-order chi connectivity index (χ1) is 10.8. The molecule has 4 saturated carbocycles. The third-order valence-corrected chi connectivity index (χ3v) is 6.85. The van der Waals surface area contributed by atoms with Crippen molar-refractivity contribution in [3.05, 3.63) is 10.1 Å². The van der Waals surface area contributed by atoms with E-state index in [1.54, 1.807) is 0 Å². The van der Waals surface area contributed by atoms with E-state index >= 15 is 0 Å². The van der Waals surface area contributed by atoms with Crippen LogP contribution in [-0.4, -0.2) is 17.2 Å². The second-order valence-corrected chi connectivity index (χ2v) is 9.10. The van der Waals surface area contributed by atoms with Crippen molar-refractivity contribution >= 4 is 0 Å². The summed E-state index contributed by atoms with van der Waals surface area (Å²) < 4.78 is 0. The van der Waals surface area contributed by atoms with Crippen LogP contribution in [0.25, 0.3) is 0 Å². The largest absolute Gasteiger partial charge is 0.330 e. The molecule has 4 bridgehead atoms. The molecule has 2 atom stereocenters. The van der Waals surface area contributed by atoms with E-state index in [9.17, 15) is 10.1 Å². The average molecular weight is 324 g/mol. The lowest BCUT2D eigenvalue weighted by atomic mass is 9.36. The molecule has 132 valence electrons. The normalized spacial score (nSPS) is 44.5. The molecule has 0 spiro atoms. The molecule has 0 saturated heterocycles. The summed E-state index contributed by atoms with van der Waals surface area (Å²) in [5.74, 6) is 0. The maximum Gasteiger partial charge on any atom is 0.295 e. The van der Waals surface area contributed by atoms with Gasteiger partial charge < -0.3 is 10.6 Å². The predicted octanol–water partition coefficient (Wildman–Crippen LogP) is 4.22. The third kappa shape index (κ3) is 2.86. The fourth-order valence-electron chi connectivity index (χ4n) is 7.60. The molecule has 4 fully saturated rings. The molecule has 4 rings (SSSR count). The number of nitrogens with zero attached hydrogens (tertiary/aromatic N) is 1. The second-order valence-electron chi connectivity index (χ2n) is 9.10. The molecule has 5 nitrogen and oxygen atoms in total. The zero-order valence-corrected chi connectivity index (χ0v) is 14.7. The molecule has 0 aliphatic heterocycles. The molecular weight excluding hydrogens is 292 g/mol. The smallest absolute Gasteiger partial charge is 0.295 e. The van der Waals surface area contributed by atoms with E-state index in [1.165, 1.54) is 32.1 Å². The van der Waals surface area contributed by atoms with Crippen LogP contribution in [0.15, 0.2) is 0 Å². The van der Waals surface area contributed by atoms with E-state index in [4.69, 9.17) is 10.6 Å². The van der Waals surface area contributed by atoms with E-state index in [0.29, 0.717) is 6.54 Å². The van der Waals surface area contributed by atoms with Crippen LogP contribution in [0.5, 0.6) is 0 Å². The summed E-state index contributed by atoms with van der Waals surface area (Å²) in [5, 5.41) is 10.7. The molecule has 4 aliphatic carbocycles. The minimum atomic E-state index is -0.544. The lowest BCUT2D eigenvalue weighted by molar-refractivity contribution is -0.787. The average Bonchev–Trinajstić information content (AvgIpc) is 2.34. The molecule has 0 heterocycles. The van der Waals surface area contributed by atoms with Crippen LogP contribution >= 0.6 is 0 Å². The van der Waals surface area contributed by atoms with Gasteiger partial charge >= 0.3 is 0 Å². The number of nitrogens with two attached hydrogens (primary N) is 1. The van der Waals surface area contributed by atoms with E-state index in [-0.39, 0.29) is 16.2 Å². The lowest BCUT2D eigenvalue weighted by Gasteiger charge is -2.70. The van der Waals surface area contributed by atoms with Crippen LogP contribution in [0.2, 0.25) is 0 Å². The van der Waals surface area contributed by atoms with E-state index in [1.807, 2.05) is 0 Å². The van der Waals surface area contributed by atoms with Crippen LogP contribution < -0.4 is 5.73 Å². The van der Waals surface area contributed by atoms with Crippen molar-refractivity contribution in [3.8, 4) is 0 Å². The molecular formula is C18H32N2O3. The molecule has 0 amide bonds. The molecule has 5 heteroatoms. The fraction of sp³-hybridized carbons (Fsp3) is 1.00. The zero-order chi connectivity index (χ0) is 16.8. The van der Waals surface area contributed by atoms with Gasteiger partial charge in [-0.2, -0.15) is 0 Å². The molecule has 0 aromatic carbocycles. The predicted molar refractivity (Wildman–Crippen MR) is 89.3 cm³/mol. The Hall–Kier alpha value is -0.840. The van der Waals surface area contributed by atoms with Gasteiger partial charge in [-0.05, 0) is 80.6 Å². The summed E-state index contributed by atoms with van der Waals surface area (Å²) in [6.45, 7) is 5.16. The van der Waals surface area contributed by atoms with Gasteiger partial charge in [-0.25, -0.2) is 0 Å². The van der Waals surface area contributed by atoms with Gasteiger partial charge in [0.25, 0.3) is 5.09 Å². The Morgan fingerprint density at radius 3 is 1.70 bits per heavy atom. The monoisotopic (exact) mass is 324 g/mol. The zero-order valence-electron chi connectivity index (χ0n) is 14.7. The highest BCUT2D eigenvalue weighted by Gasteiger charge is 2.68. The SMILES string of the molecule is CCCC12CC3(CCC)CC(CCN)(C1)CC(O[N+](=O)[O-])(C2)C3. The fourth-order valence-corrected chi connectivity index (χ4v) is 7.60. The first kappa shape index (κ1) is 17.0. The Morgan fingerprint density at radius 1 is 0.913 bits per heavy atom. The Balaban J connectivity index is 2.02. The number of hydrogen-bond donors (Lipinski definition) is 1. The highest BCUT2D eigenvalue weighted by atomic mass is 17.0. The van der Waals surface area contributed by atoms with Gasteiger partial charge in [-0.15, -0.1) is 10.1 Å². The maximum absolute atomic E-state index is 11.2. The van der Waals surface area contributed by atoms with Gasteiger partial charge in [0.2, 0.25) is 0 Å². The Kier molecular flexibility index (Phi) is 4.14. The molecule has 0 aromatic rings. The Labute approximate surface area is 139 Å². The second kappa shape index (κ2) is 5.61. The van der Waals surface area contributed by atoms with Gasteiger partial charge in [0, 0.05) is 0 Å². The van der Waals surface area contributed by atoms with Gasteiger partial charge in [0.05, 0.1) is 0 Å². The van der Waals surface area contributed by atoms with Crippen molar-refractivity contribution < 1.29 is 9.92 Å². The minimum Gasteiger partial charge on any atom is -0.330 e. The van der Waals surface area contributed by atoms with Crippen molar-refractivity contribution in [2.24, 2.45) is 22.0 Å². The highest BCUT2D eigenvalue weighted by molar-refractivity contribution is 5.18. The van der Waals surface area contributed by atoms with Crippen molar-refractivity contribution in [2.45, 2.75) is 90.1 Å². The summed E-state index contributed by atoms with van der Waals surface area (Å²) in [5.41, 5.74) is 6.06. The van der Waals surface area contributed by atoms with E-state index in [2.05, 4.69) is 13.8 Å². The van der Waals surface area contributed by atoms with Crippen molar-refractivity contribution in [1.29, 1.82) is 0 Å². The Bertz CT molecular complexity index is 416.